The normalized spacial score (nSPS) is 10.6. The molecule has 2 rings (SSSR count). The van der Waals surface area contributed by atoms with Crippen molar-refractivity contribution in [1.82, 2.24) is 0 Å². The fourth-order valence-corrected chi connectivity index (χ4v) is 1.86. The minimum atomic E-state index is -0.418. The molecule has 0 amide bonds. The van der Waals surface area contributed by atoms with E-state index in [1.54, 1.807) is 6.07 Å². The van der Waals surface area contributed by atoms with Gasteiger partial charge in [-0.3, -0.25) is 0 Å². The van der Waals surface area contributed by atoms with E-state index in [1.165, 1.54) is 7.11 Å². The summed E-state index contributed by atoms with van der Waals surface area (Å²) in [6.07, 6.45) is 0.777. The first-order valence-corrected chi connectivity index (χ1v) is 5.97. The first-order valence-electron chi connectivity index (χ1n) is 5.97. The lowest BCUT2D eigenvalue weighted by molar-refractivity contribution is 0.0601. The molecule has 4 heteroatoms. The summed E-state index contributed by atoms with van der Waals surface area (Å²) in [6.45, 7) is 4.44. The van der Waals surface area contributed by atoms with Gasteiger partial charge in [0.05, 0.1) is 13.7 Å². The Morgan fingerprint density at radius 2 is 2.06 bits per heavy atom. The number of furan rings is 1. The first-order chi connectivity index (χ1) is 8.69. The monoisotopic (exact) mass is 248 g/mol. The van der Waals surface area contributed by atoms with E-state index in [0.717, 1.165) is 17.6 Å². The van der Waals surface area contributed by atoms with E-state index in [4.69, 9.17) is 13.9 Å². The molecular formula is C14H16O4. The summed E-state index contributed by atoms with van der Waals surface area (Å²) in [4.78, 5) is 11.7. The molecule has 0 radical (unpaired) electrons. The number of ether oxygens (including phenoxy) is 2. The predicted molar refractivity (Wildman–Crippen MR) is 68.1 cm³/mol. The summed E-state index contributed by atoms with van der Waals surface area (Å²) >= 11 is 0. The van der Waals surface area contributed by atoms with Crippen molar-refractivity contribution in [3.8, 4) is 5.75 Å². The molecule has 1 aromatic heterocycles. The zero-order valence-corrected chi connectivity index (χ0v) is 10.8. The Bertz CT molecular complexity index is 568. The van der Waals surface area contributed by atoms with Crippen LogP contribution in [0.3, 0.4) is 0 Å². The lowest BCUT2D eigenvalue weighted by atomic mass is 10.1. The Hall–Kier alpha value is -1.97. The number of methoxy groups -OCH3 is 1. The van der Waals surface area contributed by atoms with Gasteiger partial charge in [-0.2, -0.15) is 0 Å². The van der Waals surface area contributed by atoms with E-state index in [0.29, 0.717) is 23.5 Å². The molecule has 0 atom stereocenters. The SMILES string of the molecule is CCOc1cc(C(=O)OC)c2oc(CC)cc2c1. The maximum atomic E-state index is 11.7. The average Bonchev–Trinajstić information content (AvgIpc) is 2.80. The van der Waals surface area contributed by atoms with Gasteiger partial charge in [-0.15, -0.1) is 0 Å². The Morgan fingerprint density at radius 3 is 2.67 bits per heavy atom. The second-order valence-corrected chi connectivity index (χ2v) is 3.88. The maximum absolute atomic E-state index is 11.7. The predicted octanol–water partition coefficient (Wildman–Crippen LogP) is 3.18. The lowest BCUT2D eigenvalue weighted by Crippen LogP contribution is -2.02. The van der Waals surface area contributed by atoms with Gasteiger partial charge in [0.2, 0.25) is 0 Å². The smallest absolute Gasteiger partial charge is 0.341 e. The third-order valence-electron chi connectivity index (χ3n) is 2.71. The van der Waals surface area contributed by atoms with E-state index in [2.05, 4.69) is 0 Å². The third-order valence-corrected chi connectivity index (χ3v) is 2.71. The van der Waals surface area contributed by atoms with Crippen LogP contribution in [-0.2, 0) is 11.2 Å². The van der Waals surface area contributed by atoms with Gasteiger partial charge in [0.1, 0.15) is 22.7 Å². The molecule has 4 nitrogen and oxygen atoms in total. The fraction of sp³-hybridized carbons (Fsp3) is 0.357. The van der Waals surface area contributed by atoms with Gasteiger partial charge in [0, 0.05) is 11.8 Å². The minimum absolute atomic E-state index is 0.401. The van der Waals surface area contributed by atoms with Gasteiger partial charge in [0.25, 0.3) is 0 Å². The van der Waals surface area contributed by atoms with Gasteiger partial charge in [-0.1, -0.05) is 6.92 Å². The Labute approximate surface area is 105 Å². The molecular weight excluding hydrogens is 232 g/mol. The van der Waals surface area contributed by atoms with Crippen molar-refractivity contribution in [3.05, 3.63) is 29.5 Å². The van der Waals surface area contributed by atoms with Crippen LogP contribution in [0.4, 0.5) is 0 Å². The molecule has 0 saturated carbocycles. The van der Waals surface area contributed by atoms with E-state index in [1.807, 2.05) is 26.0 Å². The highest BCUT2D eigenvalue weighted by Gasteiger charge is 2.16. The van der Waals surface area contributed by atoms with Crippen LogP contribution < -0.4 is 4.74 Å². The summed E-state index contributed by atoms with van der Waals surface area (Å²) in [7, 11) is 1.35. The summed E-state index contributed by atoms with van der Waals surface area (Å²) in [6, 6.07) is 5.44. The lowest BCUT2D eigenvalue weighted by Gasteiger charge is -2.06. The summed E-state index contributed by atoms with van der Waals surface area (Å²) in [5.74, 6) is 1.07. The number of esters is 1. The highest BCUT2D eigenvalue weighted by atomic mass is 16.5. The largest absolute Gasteiger partial charge is 0.494 e. The van der Waals surface area contributed by atoms with E-state index >= 15 is 0 Å². The van der Waals surface area contributed by atoms with Crippen LogP contribution in [-0.4, -0.2) is 19.7 Å². The topological polar surface area (TPSA) is 48.7 Å². The molecule has 1 heterocycles. The first kappa shape index (κ1) is 12.5. The van der Waals surface area contributed by atoms with Crippen LogP contribution in [0.15, 0.2) is 22.6 Å². The number of rotatable bonds is 4. The van der Waals surface area contributed by atoms with Crippen molar-refractivity contribution in [2.24, 2.45) is 0 Å². The molecule has 0 saturated heterocycles. The zero-order chi connectivity index (χ0) is 13.1. The molecule has 96 valence electrons. The minimum Gasteiger partial charge on any atom is -0.494 e. The molecule has 18 heavy (non-hydrogen) atoms. The maximum Gasteiger partial charge on any atom is 0.341 e. The van der Waals surface area contributed by atoms with Gasteiger partial charge in [-0.05, 0) is 25.1 Å². The van der Waals surface area contributed by atoms with Crippen molar-refractivity contribution in [2.45, 2.75) is 20.3 Å². The molecule has 2 aromatic rings. The number of carbonyl (C=O) groups is 1. The molecule has 0 aliphatic carbocycles. The molecule has 0 spiro atoms. The molecule has 1 aromatic carbocycles. The van der Waals surface area contributed by atoms with E-state index in [9.17, 15) is 4.79 Å². The Morgan fingerprint density at radius 1 is 1.28 bits per heavy atom. The second-order valence-electron chi connectivity index (χ2n) is 3.88. The molecule has 0 bridgehead atoms. The van der Waals surface area contributed by atoms with Crippen LogP contribution in [0.2, 0.25) is 0 Å². The summed E-state index contributed by atoms with van der Waals surface area (Å²) in [5.41, 5.74) is 0.959. The average molecular weight is 248 g/mol. The third kappa shape index (κ3) is 2.18. The van der Waals surface area contributed by atoms with Gasteiger partial charge in [-0.25, -0.2) is 4.79 Å². The van der Waals surface area contributed by atoms with E-state index < -0.39 is 5.97 Å². The Kier molecular flexibility index (Phi) is 3.55. The fourth-order valence-electron chi connectivity index (χ4n) is 1.86. The van der Waals surface area contributed by atoms with Crippen LogP contribution in [0.1, 0.15) is 30.0 Å². The van der Waals surface area contributed by atoms with Crippen LogP contribution in [0.25, 0.3) is 11.0 Å². The van der Waals surface area contributed by atoms with Crippen LogP contribution in [0.5, 0.6) is 5.75 Å². The van der Waals surface area contributed by atoms with Gasteiger partial charge >= 0.3 is 5.97 Å². The number of aryl methyl sites for hydroxylation is 1. The van der Waals surface area contributed by atoms with Crippen molar-refractivity contribution in [2.75, 3.05) is 13.7 Å². The number of benzene rings is 1. The molecule has 0 aliphatic heterocycles. The molecule has 0 unspecified atom stereocenters. The van der Waals surface area contributed by atoms with Crippen molar-refractivity contribution >= 4 is 16.9 Å². The summed E-state index contributed by atoms with van der Waals surface area (Å²) in [5, 5.41) is 0.859. The number of fused-ring (bicyclic) bond motifs is 1. The molecule has 0 N–H and O–H groups in total. The quantitative estimate of drug-likeness (QED) is 0.780. The number of hydrogen-bond acceptors (Lipinski definition) is 4. The van der Waals surface area contributed by atoms with Crippen molar-refractivity contribution in [3.63, 3.8) is 0 Å². The highest BCUT2D eigenvalue weighted by Crippen LogP contribution is 2.29. The molecule has 0 fully saturated rings. The summed E-state index contributed by atoms with van der Waals surface area (Å²) < 4.78 is 15.9. The van der Waals surface area contributed by atoms with Crippen molar-refractivity contribution in [1.29, 1.82) is 0 Å². The van der Waals surface area contributed by atoms with Crippen LogP contribution in [0, 0.1) is 0 Å². The van der Waals surface area contributed by atoms with Gasteiger partial charge < -0.3 is 13.9 Å². The van der Waals surface area contributed by atoms with E-state index in [-0.39, 0.29) is 0 Å². The number of carbonyl (C=O) groups excluding carboxylic acids is 1. The Balaban J connectivity index is 2.62. The zero-order valence-electron chi connectivity index (χ0n) is 10.8. The van der Waals surface area contributed by atoms with Crippen molar-refractivity contribution < 1.29 is 18.7 Å². The van der Waals surface area contributed by atoms with Crippen LogP contribution >= 0.6 is 0 Å². The molecule has 0 aliphatic rings. The number of hydrogen-bond donors (Lipinski definition) is 0. The highest BCUT2D eigenvalue weighted by molar-refractivity contribution is 6.02. The second kappa shape index (κ2) is 5.12. The standard InChI is InChI=1S/C14H16O4/c1-4-10-6-9-7-11(17-5-2)8-12(13(9)18-10)14(15)16-3/h6-8H,4-5H2,1-3H3. The van der Waals surface area contributed by atoms with Gasteiger partial charge in [0.15, 0.2) is 0 Å².